The number of pyridine rings is 1. The molecular weight excluding hydrogens is 535 g/mol. The molecule has 1 unspecified atom stereocenters. The number of piperidine rings is 1. The third-order valence-corrected chi connectivity index (χ3v) is 7.82. The van der Waals surface area contributed by atoms with Crippen molar-refractivity contribution in [3.63, 3.8) is 0 Å². The molecule has 2 aromatic heterocycles. The number of hydrogen-bond donors (Lipinski definition) is 2. The Labute approximate surface area is 243 Å². The highest BCUT2D eigenvalue weighted by atomic mass is 19.1. The van der Waals surface area contributed by atoms with Gasteiger partial charge < -0.3 is 24.9 Å². The van der Waals surface area contributed by atoms with E-state index in [0.29, 0.717) is 42.7 Å². The maximum Gasteiger partial charge on any atom is 0.298 e. The fourth-order valence-corrected chi connectivity index (χ4v) is 5.68. The summed E-state index contributed by atoms with van der Waals surface area (Å²) in [5, 5.41) is 5.74. The van der Waals surface area contributed by atoms with E-state index in [-0.39, 0.29) is 17.4 Å². The van der Waals surface area contributed by atoms with Crippen molar-refractivity contribution in [2.45, 2.75) is 39.4 Å². The highest BCUT2D eigenvalue weighted by Gasteiger charge is 2.27. The van der Waals surface area contributed by atoms with Gasteiger partial charge in [-0.05, 0) is 66.6 Å². The van der Waals surface area contributed by atoms with E-state index in [9.17, 15) is 14.0 Å². The monoisotopic (exact) mass is 568 g/mol. The van der Waals surface area contributed by atoms with Gasteiger partial charge in [-0.25, -0.2) is 9.37 Å². The predicted molar refractivity (Wildman–Crippen MR) is 160 cm³/mol. The summed E-state index contributed by atoms with van der Waals surface area (Å²) in [5.74, 6) is 0.438. The first-order chi connectivity index (χ1) is 20.5. The van der Waals surface area contributed by atoms with Crippen molar-refractivity contribution in [3.05, 3.63) is 95.0 Å². The number of amides is 2. The lowest BCUT2D eigenvalue weighted by molar-refractivity contribution is 0.0992. The zero-order chi connectivity index (χ0) is 29.1. The molecule has 4 heterocycles. The number of anilines is 4. The Hall–Kier alpha value is -4.73. The molecular formula is C32H33FN6O3. The highest BCUT2D eigenvalue weighted by molar-refractivity contribution is 6.05. The summed E-state index contributed by atoms with van der Waals surface area (Å²) in [5.41, 5.74) is 4.02. The molecule has 0 spiro atoms. The minimum Gasteiger partial charge on any atom is -0.418 e. The molecule has 2 N–H and O–H groups in total. The number of fused-ring (bicyclic) bond motifs is 1. The van der Waals surface area contributed by atoms with Crippen LogP contribution in [0.1, 0.15) is 57.5 Å². The van der Waals surface area contributed by atoms with Crippen molar-refractivity contribution >= 4 is 35.0 Å². The minimum absolute atomic E-state index is 0.00546. The van der Waals surface area contributed by atoms with Crippen LogP contribution in [-0.2, 0) is 19.6 Å². The average molecular weight is 569 g/mol. The van der Waals surface area contributed by atoms with Gasteiger partial charge in [0.25, 0.3) is 17.8 Å². The first-order valence-corrected chi connectivity index (χ1v) is 14.3. The molecule has 42 heavy (non-hydrogen) atoms. The van der Waals surface area contributed by atoms with E-state index in [1.807, 2.05) is 59.5 Å². The molecule has 2 aliphatic heterocycles. The summed E-state index contributed by atoms with van der Waals surface area (Å²) in [6, 6.07) is 19.1. The second-order valence-corrected chi connectivity index (χ2v) is 10.9. The van der Waals surface area contributed by atoms with E-state index >= 15 is 0 Å². The van der Waals surface area contributed by atoms with Crippen LogP contribution in [0.3, 0.4) is 0 Å². The Bertz CT molecular complexity index is 1570. The van der Waals surface area contributed by atoms with Crippen LogP contribution in [0.5, 0.6) is 0 Å². The van der Waals surface area contributed by atoms with Crippen LogP contribution in [0.2, 0.25) is 0 Å². The number of halogens is 1. The van der Waals surface area contributed by atoms with Gasteiger partial charge in [0.15, 0.2) is 0 Å². The molecule has 216 valence electrons. The van der Waals surface area contributed by atoms with Gasteiger partial charge in [-0.1, -0.05) is 37.3 Å². The Kier molecular flexibility index (Phi) is 7.85. The summed E-state index contributed by atoms with van der Waals surface area (Å²) in [6.45, 7) is 4.10. The number of nitrogens with one attached hydrogen (secondary N) is 2. The van der Waals surface area contributed by atoms with Crippen LogP contribution in [0.15, 0.2) is 71.3 Å². The van der Waals surface area contributed by atoms with Crippen LogP contribution in [0.4, 0.5) is 27.6 Å². The Morgan fingerprint density at radius 1 is 0.976 bits per heavy atom. The normalized spacial score (nSPS) is 16.6. The summed E-state index contributed by atoms with van der Waals surface area (Å²) >= 11 is 0. The standard InChI is InChI=1S/C32H33FN6O3/c1-21-7-6-15-39(19-21)32-37-27(17-33)29(42-32)31(41)36-24-12-13-28(34-18-24)38-16-14-25-22(20-38)8-5-11-26(25)30(40)35-23-9-3-2-4-10-23/h2-5,8-13,18,21H,6-7,14-17,19-20H2,1H3,(H,35,40)(H,36,41). The van der Waals surface area contributed by atoms with E-state index in [1.165, 1.54) is 0 Å². The largest absolute Gasteiger partial charge is 0.418 e. The number of para-hydroxylation sites is 1. The zero-order valence-corrected chi connectivity index (χ0v) is 23.5. The predicted octanol–water partition coefficient (Wildman–Crippen LogP) is 5.84. The van der Waals surface area contributed by atoms with Crippen LogP contribution in [-0.4, -0.2) is 41.4 Å². The maximum absolute atomic E-state index is 13.7. The van der Waals surface area contributed by atoms with E-state index in [1.54, 1.807) is 12.3 Å². The van der Waals surface area contributed by atoms with E-state index < -0.39 is 12.6 Å². The second-order valence-electron chi connectivity index (χ2n) is 10.9. The topological polar surface area (TPSA) is 104 Å². The van der Waals surface area contributed by atoms with Crippen LogP contribution < -0.4 is 20.4 Å². The Morgan fingerprint density at radius 2 is 1.81 bits per heavy atom. The molecule has 0 aliphatic carbocycles. The molecule has 1 atom stereocenters. The number of rotatable bonds is 7. The van der Waals surface area contributed by atoms with E-state index in [2.05, 4.69) is 32.4 Å². The SMILES string of the molecule is CC1CCCN(c2nc(CF)c(C(=O)Nc3ccc(N4CCc5c(cccc5C(=O)Nc5ccccc5)C4)nc3)o2)C1. The number of nitrogens with zero attached hydrogens (tertiary/aromatic N) is 4. The summed E-state index contributed by atoms with van der Waals surface area (Å²) in [7, 11) is 0. The van der Waals surface area contributed by atoms with Crippen LogP contribution >= 0.6 is 0 Å². The lowest BCUT2D eigenvalue weighted by atomic mass is 9.94. The fourth-order valence-electron chi connectivity index (χ4n) is 5.68. The number of benzene rings is 2. The lowest BCUT2D eigenvalue weighted by Crippen LogP contribution is -2.34. The third-order valence-electron chi connectivity index (χ3n) is 7.82. The van der Waals surface area contributed by atoms with Crippen molar-refractivity contribution < 1.29 is 18.4 Å². The number of alkyl halides is 1. The molecule has 2 aliphatic rings. The van der Waals surface area contributed by atoms with Gasteiger partial charge in [-0.2, -0.15) is 4.98 Å². The Morgan fingerprint density at radius 3 is 2.57 bits per heavy atom. The van der Waals surface area contributed by atoms with Gasteiger partial charge in [-0.3, -0.25) is 9.59 Å². The molecule has 1 fully saturated rings. The van der Waals surface area contributed by atoms with E-state index in [0.717, 1.165) is 48.6 Å². The minimum atomic E-state index is -0.890. The molecule has 2 amide bonds. The molecule has 1 saturated heterocycles. The van der Waals surface area contributed by atoms with Gasteiger partial charge in [-0.15, -0.1) is 0 Å². The molecule has 2 aromatic carbocycles. The summed E-state index contributed by atoms with van der Waals surface area (Å²) in [6.07, 6.45) is 4.40. The van der Waals surface area contributed by atoms with Crippen molar-refractivity contribution in [3.8, 4) is 0 Å². The maximum atomic E-state index is 13.7. The molecule has 6 rings (SSSR count). The number of carbonyl (C=O) groups is 2. The third kappa shape index (κ3) is 5.83. The van der Waals surface area contributed by atoms with Crippen LogP contribution in [0, 0.1) is 5.92 Å². The van der Waals surface area contributed by atoms with Crippen molar-refractivity contribution in [1.82, 2.24) is 9.97 Å². The molecule has 0 bridgehead atoms. The van der Waals surface area contributed by atoms with Gasteiger partial charge in [0, 0.05) is 37.4 Å². The molecule has 9 nitrogen and oxygen atoms in total. The number of oxazole rings is 1. The number of aromatic nitrogens is 2. The van der Waals surface area contributed by atoms with Gasteiger partial charge >= 0.3 is 0 Å². The van der Waals surface area contributed by atoms with Gasteiger partial charge in [0.2, 0.25) is 5.76 Å². The Balaban J connectivity index is 1.11. The van der Waals surface area contributed by atoms with Crippen molar-refractivity contribution in [2.24, 2.45) is 5.92 Å². The van der Waals surface area contributed by atoms with E-state index in [4.69, 9.17) is 4.42 Å². The molecule has 0 saturated carbocycles. The highest BCUT2D eigenvalue weighted by Crippen LogP contribution is 2.28. The van der Waals surface area contributed by atoms with Gasteiger partial charge in [0.05, 0.1) is 11.9 Å². The van der Waals surface area contributed by atoms with Crippen molar-refractivity contribution in [1.29, 1.82) is 0 Å². The van der Waals surface area contributed by atoms with Crippen molar-refractivity contribution in [2.75, 3.05) is 40.1 Å². The van der Waals surface area contributed by atoms with Crippen LogP contribution in [0.25, 0.3) is 0 Å². The average Bonchev–Trinajstić information content (AvgIpc) is 3.46. The smallest absolute Gasteiger partial charge is 0.298 e. The summed E-state index contributed by atoms with van der Waals surface area (Å²) in [4.78, 5) is 38.9. The van der Waals surface area contributed by atoms with Gasteiger partial charge in [0.1, 0.15) is 18.2 Å². The lowest BCUT2D eigenvalue weighted by Gasteiger charge is -2.31. The number of carbonyl (C=O) groups excluding carboxylic acids is 2. The first-order valence-electron chi connectivity index (χ1n) is 14.3. The quantitative estimate of drug-likeness (QED) is 0.289. The first kappa shape index (κ1) is 27.4. The molecule has 0 radical (unpaired) electrons. The molecule has 4 aromatic rings. The second kappa shape index (κ2) is 12.0. The number of hydrogen-bond acceptors (Lipinski definition) is 7. The fraction of sp³-hybridized carbons (Fsp3) is 0.312. The summed E-state index contributed by atoms with van der Waals surface area (Å²) < 4.78 is 19.5. The zero-order valence-electron chi connectivity index (χ0n) is 23.5. The molecule has 10 heteroatoms.